The van der Waals surface area contributed by atoms with E-state index >= 15 is 0 Å². The van der Waals surface area contributed by atoms with Gasteiger partial charge < -0.3 is 4.74 Å². The smallest absolute Gasteiger partial charge is 0.221 e. The van der Waals surface area contributed by atoms with Gasteiger partial charge in [0.2, 0.25) is 5.88 Å². The average Bonchev–Trinajstić information content (AvgIpc) is 2.97. The molecule has 0 aromatic carbocycles. The van der Waals surface area contributed by atoms with E-state index in [1.807, 2.05) is 6.92 Å². The summed E-state index contributed by atoms with van der Waals surface area (Å²) < 4.78 is 7.49. The summed E-state index contributed by atoms with van der Waals surface area (Å²) in [5.41, 5.74) is 0.815. The van der Waals surface area contributed by atoms with E-state index in [-0.39, 0.29) is 6.10 Å². The topological polar surface area (TPSA) is 82.8 Å². The summed E-state index contributed by atoms with van der Waals surface area (Å²) in [4.78, 5) is 23.5. The lowest BCUT2D eigenvalue weighted by atomic mass is 9.96. The highest BCUT2D eigenvalue weighted by Gasteiger charge is 2.22. The average molecular weight is 273 g/mol. The molecule has 7 nitrogen and oxygen atoms in total. The Kier molecular flexibility index (Phi) is 3.41. The van der Waals surface area contributed by atoms with E-state index < -0.39 is 0 Å². The molecule has 1 aliphatic carbocycles. The van der Waals surface area contributed by atoms with Crippen LogP contribution in [-0.2, 0) is 4.79 Å². The van der Waals surface area contributed by atoms with Crippen LogP contribution in [0.3, 0.4) is 0 Å². The molecular formula is C13H15N5O2. The molecule has 0 radical (unpaired) electrons. The number of nitrogens with zero attached hydrogens (tertiary/aromatic N) is 5. The Morgan fingerprint density at radius 2 is 2.05 bits per heavy atom. The maximum absolute atomic E-state index is 11.2. The molecule has 2 aromatic rings. The Labute approximate surface area is 116 Å². The van der Waals surface area contributed by atoms with Crippen LogP contribution in [0.2, 0.25) is 0 Å². The first-order chi connectivity index (χ1) is 9.74. The number of ether oxygens (including phenoxy) is 1. The van der Waals surface area contributed by atoms with Crippen LogP contribution in [0.25, 0.3) is 5.82 Å². The molecule has 0 spiro atoms. The van der Waals surface area contributed by atoms with Crippen molar-refractivity contribution in [1.29, 1.82) is 0 Å². The second-order valence-electron chi connectivity index (χ2n) is 4.82. The van der Waals surface area contributed by atoms with Crippen LogP contribution in [0, 0.1) is 6.92 Å². The van der Waals surface area contributed by atoms with Crippen molar-refractivity contribution in [3.05, 3.63) is 24.5 Å². The predicted molar refractivity (Wildman–Crippen MR) is 69.6 cm³/mol. The summed E-state index contributed by atoms with van der Waals surface area (Å²) >= 11 is 0. The van der Waals surface area contributed by atoms with E-state index in [1.165, 1.54) is 12.7 Å². The van der Waals surface area contributed by atoms with Gasteiger partial charge in [0.1, 0.15) is 30.9 Å². The zero-order valence-corrected chi connectivity index (χ0v) is 11.2. The van der Waals surface area contributed by atoms with Crippen LogP contribution < -0.4 is 4.74 Å². The van der Waals surface area contributed by atoms with Gasteiger partial charge in [0.05, 0.1) is 5.56 Å². The van der Waals surface area contributed by atoms with Crippen molar-refractivity contribution in [3.63, 3.8) is 0 Å². The summed E-state index contributed by atoms with van der Waals surface area (Å²) in [5.74, 6) is 1.51. The van der Waals surface area contributed by atoms with Gasteiger partial charge in [-0.2, -0.15) is 5.10 Å². The SMILES string of the molecule is Cc1c(OC2CCC(=O)CC2)ncnc1-n1cncn1. The van der Waals surface area contributed by atoms with Crippen molar-refractivity contribution in [3.8, 4) is 11.7 Å². The van der Waals surface area contributed by atoms with Gasteiger partial charge in [-0.15, -0.1) is 0 Å². The minimum atomic E-state index is 0.0462. The third-order valence-electron chi connectivity index (χ3n) is 3.42. The third kappa shape index (κ3) is 2.52. The van der Waals surface area contributed by atoms with E-state index in [4.69, 9.17) is 4.74 Å². The summed E-state index contributed by atoms with van der Waals surface area (Å²) in [7, 11) is 0. The molecule has 20 heavy (non-hydrogen) atoms. The second kappa shape index (κ2) is 5.36. The van der Waals surface area contributed by atoms with Gasteiger partial charge in [-0.05, 0) is 19.8 Å². The summed E-state index contributed by atoms with van der Waals surface area (Å²) in [6.07, 6.45) is 7.21. The summed E-state index contributed by atoms with van der Waals surface area (Å²) in [6.45, 7) is 1.89. The predicted octanol–water partition coefficient (Wildman–Crippen LogP) is 1.26. The Morgan fingerprint density at radius 3 is 2.75 bits per heavy atom. The van der Waals surface area contributed by atoms with Gasteiger partial charge in [-0.1, -0.05) is 0 Å². The summed E-state index contributed by atoms with van der Waals surface area (Å²) in [6, 6.07) is 0. The molecule has 7 heteroatoms. The maximum Gasteiger partial charge on any atom is 0.221 e. The zero-order chi connectivity index (χ0) is 13.9. The number of carbonyl (C=O) groups excluding carboxylic acids is 1. The molecular weight excluding hydrogens is 258 g/mol. The highest BCUT2D eigenvalue weighted by molar-refractivity contribution is 5.79. The van der Waals surface area contributed by atoms with Crippen LogP contribution in [0.4, 0.5) is 0 Å². The highest BCUT2D eigenvalue weighted by atomic mass is 16.5. The van der Waals surface area contributed by atoms with Gasteiger partial charge in [0.25, 0.3) is 0 Å². The first-order valence-corrected chi connectivity index (χ1v) is 6.59. The minimum absolute atomic E-state index is 0.0462. The fourth-order valence-electron chi connectivity index (χ4n) is 2.28. The van der Waals surface area contributed by atoms with Crippen molar-refractivity contribution in [2.75, 3.05) is 0 Å². The quantitative estimate of drug-likeness (QED) is 0.837. The number of rotatable bonds is 3. The van der Waals surface area contributed by atoms with Crippen molar-refractivity contribution in [2.45, 2.75) is 38.7 Å². The number of carbonyl (C=O) groups is 1. The van der Waals surface area contributed by atoms with Gasteiger partial charge >= 0.3 is 0 Å². The fraction of sp³-hybridized carbons (Fsp3) is 0.462. The largest absolute Gasteiger partial charge is 0.474 e. The number of hydrogen-bond donors (Lipinski definition) is 0. The van der Waals surface area contributed by atoms with E-state index in [1.54, 1.807) is 11.0 Å². The molecule has 0 saturated heterocycles. The van der Waals surface area contributed by atoms with Crippen LogP contribution in [0.1, 0.15) is 31.2 Å². The molecule has 0 aliphatic heterocycles. The molecule has 1 saturated carbocycles. The van der Waals surface area contributed by atoms with Crippen molar-refractivity contribution in [1.82, 2.24) is 24.7 Å². The standard InChI is InChI=1S/C13H15N5O2/c1-9-12(18-8-14-6-17-18)15-7-16-13(9)20-11-4-2-10(19)3-5-11/h6-8,11H,2-5H2,1H3. The van der Waals surface area contributed by atoms with Crippen molar-refractivity contribution >= 4 is 5.78 Å². The number of Topliss-reactive ketones (excluding diaryl/α,β-unsaturated/α-hetero) is 1. The van der Waals surface area contributed by atoms with Crippen LogP contribution >= 0.6 is 0 Å². The maximum atomic E-state index is 11.2. The Balaban J connectivity index is 1.80. The lowest BCUT2D eigenvalue weighted by Crippen LogP contribution is -2.25. The van der Waals surface area contributed by atoms with E-state index in [0.29, 0.717) is 30.3 Å². The monoisotopic (exact) mass is 273 g/mol. The van der Waals surface area contributed by atoms with Gasteiger partial charge in [0, 0.05) is 12.8 Å². The molecule has 104 valence electrons. The fourth-order valence-corrected chi connectivity index (χ4v) is 2.28. The van der Waals surface area contributed by atoms with Gasteiger partial charge in [-0.25, -0.2) is 19.6 Å². The molecule has 1 fully saturated rings. The third-order valence-corrected chi connectivity index (χ3v) is 3.42. The molecule has 2 heterocycles. The molecule has 0 amide bonds. The Hall–Kier alpha value is -2.31. The Bertz CT molecular complexity index is 601. The molecule has 0 unspecified atom stereocenters. The number of aromatic nitrogens is 5. The first-order valence-electron chi connectivity index (χ1n) is 6.59. The highest BCUT2D eigenvalue weighted by Crippen LogP contribution is 2.24. The van der Waals surface area contributed by atoms with Gasteiger partial charge in [-0.3, -0.25) is 4.79 Å². The zero-order valence-electron chi connectivity index (χ0n) is 11.2. The van der Waals surface area contributed by atoms with Gasteiger partial charge in [0.15, 0.2) is 5.82 Å². The first kappa shape index (κ1) is 12.7. The van der Waals surface area contributed by atoms with Crippen molar-refractivity contribution in [2.24, 2.45) is 0 Å². The Morgan fingerprint density at radius 1 is 1.25 bits per heavy atom. The van der Waals surface area contributed by atoms with Crippen LogP contribution in [0.15, 0.2) is 19.0 Å². The molecule has 3 rings (SSSR count). The molecule has 0 N–H and O–H groups in total. The van der Waals surface area contributed by atoms with E-state index in [0.717, 1.165) is 18.4 Å². The molecule has 0 atom stereocenters. The lowest BCUT2D eigenvalue weighted by molar-refractivity contribution is -0.121. The number of hydrogen-bond acceptors (Lipinski definition) is 6. The minimum Gasteiger partial charge on any atom is -0.474 e. The second-order valence-corrected chi connectivity index (χ2v) is 4.82. The molecule has 0 bridgehead atoms. The normalized spacial score (nSPS) is 16.4. The summed E-state index contributed by atoms with van der Waals surface area (Å²) in [5, 5.41) is 4.06. The molecule has 1 aliphatic rings. The van der Waals surface area contributed by atoms with Crippen molar-refractivity contribution < 1.29 is 9.53 Å². The molecule has 2 aromatic heterocycles. The van der Waals surface area contributed by atoms with Crippen LogP contribution in [0.5, 0.6) is 5.88 Å². The van der Waals surface area contributed by atoms with E-state index in [9.17, 15) is 4.79 Å². The van der Waals surface area contributed by atoms with Crippen LogP contribution in [-0.4, -0.2) is 36.6 Å². The lowest BCUT2D eigenvalue weighted by Gasteiger charge is -2.22. The number of ketones is 1. The van der Waals surface area contributed by atoms with E-state index in [2.05, 4.69) is 20.1 Å².